The molecule has 0 saturated carbocycles. The fourth-order valence-corrected chi connectivity index (χ4v) is 1.58. The van der Waals surface area contributed by atoms with E-state index in [0.29, 0.717) is 6.42 Å². The summed E-state index contributed by atoms with van der Waals surface area (Å²) in [5.74, 6) is 0.860. The van der Waals surface area contributed by atoms with Crippen LogP contribution >= 0.6 is 0 Å². The van der Waals surface area contributed by atoms with Crippen molar-refractivity contribution in [2.75, 3.05) is 6.54 Å². The molecule has 2 atom stereocenters. The maximum absolute atomic E-state index is 11.2. The van der Waals surface area contributed by atoms with E-state index in [0.717, 1.165) is 18.9 Å². The molecule has 0 fully saturated rings. The number of carbonyl (C=O) groups excluding carboxylic acids is 2. The second-order valence-corrected chi connectivity index (χ2v) is 4.68. The van der Waals surface area contributed by atoms with Crippen molar-refractivity contribution in [2.45, 2.75) is 59.4 Å². The highest BCUT2D eigenvalue weighted by molar-refractivity contribution is 5.88. The number of hydrogen-bond donors (Lipinski definition) is 1. The van der Waals surface area contributed by atoms with Gasteiger partial charge in [-0.3, -0.25) is 9.59 Å². The summed E-state index contributed by atoms with van der Waals surface area (Å²) in [7, 11) is 0. The molecule has 0 rings (SSSR count). The lowest BCUT2D eigenvalue weighted by atomic mass is 10.0. The van der Waals surface area contributed by atoms with E-state index in [-0.39, 0.29) is 17.6 Å². The Labute approximate surface area is 99.0 Å². The van der Waals surface area contributed by atoms with Gasteiger partial charge >= 0.3 is 0 Å². The molecule has 0 amide bonds. The summed E-state index contributed by atoms with van der Waals surface area (Å²) < 4.78 is 0. The van der Waals surface area contributed by atoms with E-state index >= 15 is 0 Å². The summed E-state index contributed by atoms with van der Waals surface area (Å²) in [6.07, 6.45) is 3.76. The molecule has 0 bridgehead atoms. The lowest BCUT2D eigenvalue weighted by Crippen LogP contribution is -2.37. The first-order valence-corrected chi connectivity index (χ1v) is 6.20. The van der Waals surface area contributed by atoms with Crippen LogP contribution in [0.3, 0.4) is 0 Å². The van der Waals surface area contributed by atoms with Gasteiger partial charge < -0.3 is 5.32 Å². The van der Waals surface area contributed by atoms with E-state index < -0.39 is 0 Å². The van der Waals surface area contributed by atoms with Crippen molar-refractivity contribution >= 4 is 11.6 Å². The van der Waals surface area contributed by atoms with E-state index in [1.165, 1.54) is 26.7 Å². The molecular formula is C13H25NO2. The van der Waals surface area contributed by atoms with Crippen LogP contribution in [0.2, 0.25) is 0 Å². The molecule has 0 aromatic carbocycles. The average Bonchev–Trinajstić information content (AvgIpc) is 2.21. The summed E-state index contributed by atoms with van der Waals surface area (Å²) in [5, 5.41) is 3.16. The number of Topliss-reactive ketones (excluding diaryl/α,β-unsaturated/α-hetero) is 2. The van der Waals surface area contributed by atoms with Crippen LogP contribution < -0.4 is 5.32 Å². The van der Waals surface area contributed by atoms with Crippen molar-refractivity contribution in [3.8, 4) is 0 Å². The zero-order valence-electron chi connectivity index (χ0n) is 11.0. The Morgan fingerprint density at radius 1 is 1.25 bits per heavy atom. The second kappa shape index (κ2) is 8.45. The van der Waals surface area contributed by atoms with Gasteiger partial charge in [0, 0.05) is 6.42 Å². The van der Waals surface area contributed by atoms with Gasteiger partial charge in [-0.25, -0.2) is 0 Å². The SMILES string of the molecule is CCC(C)CCCNC(CC(C)=O)C(C)=O. The van der Waals surface area contributed by atoms with Gasteiger partial charge in [-0.15, -0.1) is 0 Å². The first kappa shape index (κ1) is 15.3. The summed E-state index contributed by atoms with van der Waals surface area (Å²) in [5.41, 5.74) is 0. The third-order valence-electron chi connectivity index (χ3n) is 2.94. The van der Waals surface area contributed by atoms with Crippen LogP contribution in [-0.4, -0.2) is 24.2 Å². The maximum Gasteiger partial charge on any atom is 0.147 e. The van der Waals surface area contributed by atoms with E-state index in [4.69, 9.17) is 0 Å². The highest BCUT2D eigenvalue weighted by Crippen LogP contribution is 2.08. The van der Waals surface area contributed by atoms with Crippen molar-refractivity contribution < 1.29 is 9.59 Å². The third-order valence-corrected chi connectivity index (χ3v) is 2.94. The van der Waals surface area contributed by atoms with E-state index in [9.17, 15) is 9.59 Å². The average molecular weight is 227 g/mol. The Kier molecular flexibility index (Phi) is 8.08. The standard InChI is InChI=1S/C13H25NO2/c1-5-10(2)7-6-8-14-13(12(4)16)9-11(3)15/h10,13-14H,5-9H2,1-4H3. The first-order chi connectivity index (χ1) is 7.47. The van der Waals surface area contributed by atoms with Gasteiger partial charge in [0.2, 0.25) is 0 Å². The lowest BCUT2D eigenvalue weighted by Gasteiger charge is -2.15. The zero-order valence-corrected chi connectivity index (χ0v) is 11.0. The normalized spacial score (nSPS) is 14.5. The number of hydrogen-bond acceptors (Lipinski definition) is 3. The van der Waals surface area contributed by atoms with Crippen molar-refractivity contribution in [1.29, 1.82) is 0 Å². The molecule has 1 N–H and O–H groups in total. The Morgan fingerprint density at radius 2 is 1.88 bits per heavy atom. The number of ketones is 2. The predicted octanol–water partition coefficient (Wildman–Crippen LogP) is 2.34. The Morgan fingerprint density at radius 3 is 2.31 bits per heavy atom. The Balaban J connectivity index is 3.77. The van der Waals surface area contributed by atoms with Gasteiger partial charge in [-0.05, 0) is 39.2 Å². The number of carbonyl (C=O) groups is 2. The molecule has 0 radical (unpaired) electrons. The predicted molar refractivity (Wildman–Crippen MR) is 66.5 cm³/mol. The van der Waals surface area contributed by atoms with E-state index in [1.54, 1.807) is 0 Å². The molecule has 0 aliphatic carbocycles. The highest BCUT2D eigenvalue weighted by atomic mass is 16.1. The first-order valence-electron chi connectivity index (χ1n) is 6.20. The molecule has 3 nitrogen and oxygen atoms in total. The van der Waals surface area contributed by atoms with Crippen LogP contribution in [0.4, 0.5) is 0 Å². The van der Waals surface area contributed by atoms with Crippen molar-refractivity contribution in [1.82, 2.24) is 5.32 Å². The fourth-order valence-electron chi connectivity index (χ4n) is 1.58. The molecule has 3 heteroatoms. The number of rotatable bonds is 9. The second-order valence-electron chi connectivity index (χ2n) is 4.68. The quantitative estimate of drug-likeness (QED) is 0.615. The molecule has 0 aliphatic heterocycles. The van der Waals surface area contributed by atoms with Gasteiger partial charge in [-0.2, -0.15) is 0 Å². The Hall–Kier alpha value is -0.700. The van der Waals surface area contributed by atoms with Gasteiger partial charge in [0.25, 0.3) is 0 Å². The van der Waals surface area contributed by atoms with Gasteiger partial charge in [0.15, 0.2) is 0 Å². The lowest BCUT2D eigenvalue weighted by molar-refractivity contribution is -0.124. The summed E-state index contributed by atoms with van der Waals surface area (Å²) >= 11 is 0. The molecule has 0 aromatic rings. The minimum atomic E-state index is -0.283. The molecular weight excluding hydrogens is 202 g/mol. The third kappa shape index (κ3) is 7.57. The van der Waals surface area contributed by atoms with Crippen molar-refractivity contribution in [3.05, 3.63) is 0 Å². The van der Waals surface area contributed by atoms with Crippen molar-refractivity contribution in [3.63, 3.8) is 0 Å². The van der Waals surface area contributed by atoms with E-state index in [2.05, 4.69) is 19.2 Å². The van der Waals surface area contributed by atoms with Gasteiger partial charge in [0.1, 0.15) is 11.6 Å². The van der Waals surface area contributed by atoms with Crippen LogP contribution in [0.15, 0.2) is 0 Å². The minimum Gasteiger partial charge on any atom is -0.307 e. The molecule has 0 spiro atoms. The van der Waals surface area contributed by atoms with Crippen LogP contribution in [0, 0.1) is 5.92 Å². The molecule has 0 saturated heterocycles. The van der Waals surface area contributed by atoms with Crippen LogP contribution in [0.25, 0.3) is 0 Å². The summed E-state index contributed by atoms with van der Waals surface area (Å²) in [6.45, 7) is 8.30. The maximum atomic E-state index is 11.2. The summed E-state index contributed by atoms with van der Waals surface area (Å²) in [6, 6.07) is -0.283. The molecule has 16 heavy (non-hydrogen) atoms. The zero-order chi connectivity index (χ0) is 12.6. The molecule has 0 aliphatic rings. The molecule has 0 aromatic heterocycles. The minimum absolute atomic E-state index is 0.0544. The Bertz CT molecular complexity index is 226. The topological polar surface area (TPSA) is 46.2 Å². The smallest absolute Gasteiger partial charge is 0.147 e. The molecule has 94 valence electrons. The fraction of sp³-hybridized carbons (Fsp3) is 0.846. The molecule has 0 heterocycles. The monoisotopic (exact) mass is 227 g/mol. The largest absolute Gasteiger partial charge is 0.307 e. The van der Waals surface area contributed by atoms with Crippen molar-refractivity contribution in [2.24, 2.45) is 5.92 Å². The van der Waals surface area contributed by atoms with Crippen LogP contribution in [0.5, 0.6) is 0 Å². The molecule has 2 unspecified atom stereocenters. The van der Waals surface area contributed by atoms with Crippen LogP contribution in [-0.2, 0) is 9.59 Å². The van der Waals surface area contributed by atoms with Gasteiger partial charge in [-0.1, -0.05) is 20.3 Å². The van der Waals surface area contributed by atoms with Gasteiger partial charge in [0.05, 0.1) is 6.04 Å². The number of nitrogens with one attached hydrogen (secondary N) is 1. The van der Waals surface area contributed by atoms with Crippen LogP contribution in [0.1, 0.15) is 53.4 Å². The highest BCUT2D eigenvalue weighted by Gasteiger charge is 2.15. The summed E-state index contributed by atoms with van der Waals surface area (Å²) in [4.78, 5) is 22.2. The van der Waals surface area contributed by atoms with E-state index in [1.807, 2.05) is 0 Å².